The molecule has 0 saturated heterocycles. The Morgan fingerprint density at radius 2 is 1.93 bits per heavy atom. The number of aromatic nitrogens is 2. The van der Waals surface area contributed by atoms with Crippen LogP contribution in [0.3, 0.4) is 0 Å². The van der Waals surface area contributed by atoms with E-state index in [2.05, 4.69) is 18.8 Å². The van der Waals surface area contributed by atoms with Gasteiger partial charge in [-0.3, -0.25) is 4.79 Å². The average Bonchev–Trinajstić information content (AvgIpc) is 3.34. The van der Waals surface area contributed by atoms with Gasteiger partial charge in [0.05, 0.1) is 18.5 Å². The number of nitrogens with zero attached hydrogens (tertiary/aromatic N) is 2. The van der Waals surface area contributed by atoms with E-state index in [1.807, 2.05) is 10.8 Å². The fraction of sp³-hybridized carbons (Fsp3) is 0.840. The van der Waals surface area contributed by atoms with Crippen molar-refractivity contribution in [1.82, 2.24) is 9.55 Å². The molecule has 0 aromatic carbocycles. The first kappa shape index (κ1) is 19.8. The zero-order valence-corrected chi connectivity index (χ0v) is 18.2. The van der Waals surface area contributed by atoms with Crippen LogP contribution in [0.5, 0.6) is 0 Å². The minimum Gasteiger partial charge on any atom is -0.390 e. The summed E-state index contributed by atoms with van der Waals surface area (Å²) >= 11 is 0. The van der Waals surface area contributed by atoms with Crippen LogP contribution in [0.2, 0.25) is 0 Å². The molecule has 4 aliphatic rings. The molecule has 4 saturated carbocycles. The number of aliphatic hydroxyl groups is 1. The first-order valence-electron chi connectivity index (χ1n) is 12.1. The smallest absolute Gasteiger partial charge is 0.156 e. The molecule has 3 unspecified atom stereocenters. The van der Waals surface area contributed by atoms with Crippen molar-refractivity contribution in [3.8, 4) is 0 Å². The molecule has 160 valence electrons. The molecular formula is C25H38N2O2. The van der Waals surface area contributed by atoms with E-state index in [1.165, 1.54) is 38.5 Å². The highest BCUT2D eigenvalue weighted by molar-refractivity contribution is 5.82. The first-order chi connectivity index (χ1) is 13.9. The lowest BCUT2D eigenvalue weighted by molar-refractivity contribution is -0.133. The van der Waals surface area contributed by atoms with E-state index in [9.17, 15) is 9.90 Å². The van der Waals surface area contributed by atoms with Gasteiger partial charge in [-0.2, -0.15) is 0 Å². The van der Waals surface area contributed by atoms with E-state index >= 15 is 0 Å². The van der Waals surface area contributed by atoms with E-state index in [0.29, 0.717) is 12.3 Å². The standard InChI is InChI=1S/C25H38N2O2/c1-3-25(29)11-9-18-17(14-25)4-5-20-19(18)8-10-24(2)21(20)6-7-22(24)23(28)15-27-13-12-26-16-27/h12-13,16-22,29H,3-11,14-15H2,1-2H3/t17-,18-,19?,20?,21?,22+,24-,25+/m0/s1. The number of Topliss-reactive ketones (excluding diaryl/α,β-unsaturated/α-hetero) is 1. The molecule has 0 spiro atoms. The quantitative estimate of drug-likeness (QED) is 0.788. The van der Waals surface area contributed by atoms with Crippen molar-refractivity contribution in [3.63, 3.8) is 0 Å². The van der Waals surface area contributed by atoms with Crippen molar-refractivity contribution in [2.45, 2.75) is 90.2 Å². The number of hydrogen-bond acceptors (Lipinski definition) is 3. The predicted octanol–water partition coefficient (Wildman–Crippen LogP) is 4.86. The molecule has 8 atom stereocenters. The van der Waals surface area contributed by atoms with Crippen LogP contribution in [0.25, 0.3) is 0 Å². The molecule has 4 aliphatic carbocycles. The Bertz CT molecular complexity index is 746. The van der Waals surface area contributed by atoms with Gasteiger partial charge in [0.1, 0.15) is 0 Å². The molecule has 4 fully saturated rings. The van der Waals surface area contributed by atoms with Crippen LogP contribution in [0.4, 0.5) is 0 Å². The van der Waals surface area contributed by atoms with E-state index < -0.39 is 5.60 Å². The van der Waals surface area contributed by atoms with E-state index in [1.54, 1.807) is 12.5 Å². The fourth-order valence-corrected chi connectivity index (χ4v) is 8.48. The Hall–Kier alpha value is -1.16. The third kappa shape index (κ3) is 3.21. The largest absolute Gasteiger partial charge is 0.390 e. The number of imidazole rings is 1. The molecule has 1 aromatic heterocycles. The Kier molecular flexibility index (Phi) is 4.92. The van der Waals surface area contributed by atoms with Gasteiger partial charge < -0.3 is 9.67 Å². The lowest BCUT2D eigenvalue weighted by atomic mass is 9.48. The first-order valence-corrected chi connectivity index (χ1v) is 12.1. The van der Waals surface area contributed by atoms with Crippen molar-refractivity contribution in [2.75, 3.05) is 0 Å². The Labute approximate surface area is 175 Å². The minimum absolute atomic E-state index is 0.199. The summed E-state index contributed by atoms with van der Waals surface area (Å²) < 4.78 is 1.94. The van der Waals surface area contributed by atoms with Gasteiger partial charge in [-0.1, -0.05) is 13.8 Å². The molecule has 0 amide bonds. The third-order valence-corrected chi connectivity index (χ3v) is 10.0. The van der Waals surface area contributed by atoms with Crippen LogP contribution in [0.15, 0.2) is 18.7 Å². The van der Waals surface area contributed by atoms with Crippen molar-refractivity contribution < 1.29 is 9.90 Å². The molecule has 29 heavy (non-hydrogen) atoms. The van der Waals surface area contributed by atoms with Crippen molar-refractivity contribution in [2.24, 2.45) is 40.9 Å². The molecule has 5 rings (SSSR count). The van der Waals surface area contributed by atoms with Gasteiger partial charge in [0, 0.05) is 18.3 Å². The van der Waals surface area contributed by atoms with Crippen molar-refractivity contribution in [3.05, 3.63) is 18.7 Å². The molecule has 4 nitrogen and oxygen atoms in total. The number of rotatable bonds is 4. The third-order valence-electron chi connectivity index (χ3n) is 10.0. The second kappa shape index (κ2) is 7.21. The van der Waals surface area contributed by atoms with Gasteiger partial charge in [-0.25, -0.2) is 4.98 Å². The van der Waals surface area contributed by atoms with Crippen LogP contribution in [0, 0.1) is 40.9 Å². The summed E-state index contributed by atoms with van der Waals surface area (Å²) in [4.78, 5) is 17.3. The summed E-state index contributed by atoms with van der Waals surface area (Å²) in [6, 6.07) is 0. The highest BCUT2D eigenvalue weighted by Crippen LogP contribution is 2.64. The van der Waals surface area contributed by atoms with Gasteiger partial charge in [0.2, 0.25) is 0 Å². The van der Waals surface area contributed by atoms with Crippen LogP contribution in [-0.2, 0) is 11.3 Å². The second-order valence-corrected chi connectivity index (χ2v) is 11.1. The van der Waals surface area contributed by atoms with Crippen LogP contribution in [-0.4, -0.2) is 26.0 Å². The predicted molar refractivity (Wildman–Crippen MR) is 113 cm³/mol. The van der Waals surface area contributed by atoms with Gasteiger partial charge in [-0.05, 0) is 99.2 Å². The van der Waals surface area contributed by atoms with Crippen LogP contribution in [0.1, 0.15) is 78.1 Å². The molecule has 0 radical (unpaired) electrons. The average molecular weight is 399 g/mol. The number of carbonyl (C=O) groups excluding carboxylic acids is 1. The van der Waals surface area contributed by atoms with Gasteiger partial charge >= 0.3 is 0 Å². The molecule has 4 heteroatoms. The van der Waals surface area contributed by atoms with Crippen molar-refractivity contribution >= 4 is 5.78 Å². The minimum atomic E-state index is -0.393. The highest BCUT2D eigenvalue weighted by atomic mass is 16.3. The number of ketones is 1. The normalized spacial score (nSPS) is 46.6. The Morgan fingerprint density at radius 3 is 2.69 bits per heavy atom. The number of hydrogen-bond donors (Lipinski definition) is 1. The summed E-state index contributed by atoms with van der Waals surface area (Å²) in [5, 5.41) is 10.9. The van der Waals surface area contributed by atoms with Gasteiger partial charge in [-0.15, -0.1) is 0 Å². The number of fused-ring (bicyclic) bond motifs is 5. The molecule has 1 heterocycles. The van der Waals surface area contributed by atoms with Gasteiger partial charge in [0.25, 0.3) is 0 Å². The Balaban J connectivity index is 1.31. The Morgan fingerprint density at radius 1 is 1.10 bits per heavy atom. The monoisotopic (exact) mass is 398 g/mol. The van der Waals surface area contributed by atoms with E-state index in [-0.39, 0.29) is 11.3 Å². The summed E-state index contributed by atoms with van der Waals surface area (Å²) in [7, 11) is 0. The molecule has 0 bridgehead atoms. The van der Waals surface area contributed by atoms with E-state index in [0.717, 1.165) is 55.3 Å². The molecule has 0 aliphatic heterocycles. The number of carbonyl (C=O) groups is 1. The molecule has 1 aromatic rings. The highest BCUT2D eigenvalue weighted by Gasteiger charge is 2.58. The molecular weight excluding hydrogens is 360 g/mol. The van der Waals surface area contributed by atoms with E-state index in [4.69, 9.17) is 0 Å². The topological polar surface area (TPSA) is 55.1 Å². The maximum atomic E-state index is 13.2. The zero-order valence-electron chi connectivity index (χ0n) is 18.2. The van der Waals surface area contributed by atoms with Gasteiger partial charge in [0.15, 0.2) is 5.78 Å². The SMILES string of the molecule is CC[C@@]1(O)CC[C@@H]2C3CC[C@@]4(C)C(CC[C@@H]4C(=O)Cn4ccnc4)C3CC[C@H]2C1. The zero-order chi connectivity index (χ0) is 20.2. The summed E-state index contributed by atoms with van der Waals surface area (Å²) in [6.45, 7) is 5.08. The van der Waals surface area contributed by atoms with Crippen LogP contribution < -0.4 is 0 Å². The molecule has 1 N–H and O–H groups in total. The summed E-state index contributed by atoms with van der Waals surface area (Å²) in [5.41, 5.74) is -0.195. The summed E-state index contributed by atoms with van der Waals surface area (Å²) in [5.74, 6) is 4.59. The maximum Gasteiger partial charge on any atom is 0.156 e. The van der Waals surface area contributed by atoms with Crippen LogP contribution >= 0.6 is 0 Å². The fourth-order valence-electron chi connectivity index (χ4n) is 8.48. The lowest BCUT2D eigenvalue weighted by Crippen LogP contribution is -2.51. The summed E-state index contributed by atoms with van der Waals surface area (Å²) in [6.07, 6.45) is 17.1. The lowest BCUT2D eigenvalue weighted by Gasteiger charge is -2.57. The van der Waals surface area contributed by atoms with Crippen molar-refractivity contribution in [1.29, 1.82) is 0 Å². The second-order valence-electron chi connectivity index (χ2n) is 11.1. The maximum absolute atomic E-state index is 13.2.